The molecule has 0 aliphatic carbocycles. The minimum absolute atomic E-state index is 0.0392. The van der Waals surface area contributed by atoms with Crippen molar-refractivity contribution in [3.05, 3.63) is 17.8 Å². The minimum atomic E-state index is 0.0392. The van der Waals surface area contributed by atoms with Crippen molar-refractivity contribution in [2.45, 2.75) is 58.0 Å². The van der Waals surface area contributed by atoms with Crippen molar-refractivity contribution in [3.63, 3.8) is 0 Å². The van der Waals surface area contributed by atoms with E-state index in [1.165, 1.54) is 19.3 Å². The van der Waals surface area contributed by atoms with Crippen LogP contribution in [-0.2, 0) is 12.0 Å². The molecule has 0 radical (unpaired) electrons. The molecule has 1 atom stereocenters. The smallest absolute Gasteiger partial charge is 0.208 e. The van der Waals surface area contributed by atoms with Crippen LogP contribution >= 0.6 is 0 Å². The van der Waals surface area contributed by atoms with Crippen LogP contribution in [0.15, 0.2) is 10.6 Å². The van der Waals surface area contributed by atoms with Crippen LogP contribution in [0, 0.1) is 0 Å². The van der Waals surface area contributed by atoms with Crippen molar-refractivity contribution in [2.24, 2.45) is 0 Å². The minimum Gasteiger partial charge on any atom is -0.444 e. The maximum atomic E-state index is 5.90. The van der Waals surface area contributed by atoms with Gasteiger partial charge in [-0.15, -0.1) is 0 Å². The zero-order chi connectivity index (χ0) is 13.9. The number of piperidine rings is 1. The molecule has 1 unspecified atom stereocenters. The third-order valence-corrected chi connectivity index (χ3v) is 3.82. The number of hydrogen-bond donors (Lipinski definition) is 1. The Morgan fingerprint density at radius 3 is 2.84 bits per heavy atom. The number of oxazole rings is 1. The Balaban J connectivity index is 2.00. The topological polar surface area (TPSA) is 41.3 Å². The van der Waals surface area contributed by atoms with E-state index in [4.69, 9.17) is 4.42 Å². The van der Waals surface area contributed by atoms with Crippen LogP contribution in [-0.4, -0.2) is 36.1 Å². The van der Waals surface area contributed by atoms with Crippen LogP contribution in [0.25, 0.3) is 0 Å². The largest absolute Gasteiger partial charge is 0.444 e. The summed E-state index contributed by atoms with van der Waals surface area (Å²) in [6.45, 7) is 9.50. The van der Waals surface area contributed by atoms with E-state index in [2.05, 4.69) is 36.0 Å². The average Bonchev–Trinajstić information content (AvgIpc) is 2.80. The Morgan fingerprint density at radius 2 is 2.21 bits per heavy atom. The fraction of sp³-hybridized carbons (Fsp3) is 0.800. The first-order valence-electron chi connectivity index (χ1n) is 7.34. The molecule has 1 aromatic rings. The highest BCUT2D eigenvalue weighted by Gasteiger charge is 2.24. The maximum absolute atomic E-state index is 5.90. The van der Waals surface area contributed by atoms with E-state index >= 15 is 0 Å². The summed E-state index contributed by atoms with van der Waals surface area (Å²) >= 11 is 0. The molecule has 0 aromatic carbocycles. The van der Waals surface area contributed by atoms with E-state index in [1.54, 1.807) is 0 Å². The summed E-state index contributed by atoms with van der Waals surface area (Å²) in [5.41, 5.74) is 0.0392. The quantitative estimate of drug-likeness (QED) is 0.908. The molecule has 1 aliphatic heterocycles. The molecule has 1 aliphatic rings. The van der Waals surface area contributed by atoms with Crippen LogP contribution in [0.2, 0.25) is 0 Å². The van der Waals surface area contributed by atoms with Crippen LogP contribution in [0.3, 0.4) is 0 Å². The molecule has 19 heavy (non-hydrogen) atoms. The Morgan fingerprint density at radius 1 is 1.42 bits per heavy atom. The van der Waals surface area contributed by atoms with Crippen molar-refractivity contribution < 1.29 is 4.42 Å². The number of nitrogens with one attached hydrogen (secondary N) is 1. The third-order valence-electron chi connectivity index (χ3n) is 3.82. The molecule has 0 saturated carbocycles. The van der Waals surface area contributed by atoms with Gasteiger partial charge >= 0.3 is 0 Å². The molecule has 2 rings (SSSR count). The van der Waals surface area contributed by atoms with E-state index < -0.39 is 0 Å². The van der Waals surface area contributed by atoms with E-state index in [1.807, 2.05) is 13.2 Å². The lowest BCUT2D eigenvalue weighted by Gasteiger charge is -2.34. The van der Waals surface area contributed by atoms with Gasteiger partial charge in [0.25, 0.3) is 0 Å². The molecule has 1 saturated heterocycles. The second-order valence-corrected chi connectivity index (χ2v) is 6.55. The Kier molecular flexibility index (Phi) is 4.63. The van der Waals surface area contributed by atoms with Crippen LogP contribution < -0.4 is 5.32 Å². The standard InChI is InChI=1S/C15H27N3O/c1-15(2,3)13-10-17-14(19-13)11-18-8-6-5-7-12(18)9-16-4/h10,12,16H,5-9,11H2,1-4H3. The fourth-order valence-electron chi connectivity index (χ4n) is 2.64. The zero-order valence-electron chi connectivity index (χ0n) is 12.7. The normalized spacial score (nSPS) is 21.8. The van der Waals surface area contributed by atoms with E-state index in [9.17, 15) is 0 Å². The van der Waals surface area contributed by atoms with Gasteiger partial charge in [-0.25, -0.2) is 4.98 Å². The number of hydrogen-bond acceptors (Lipinski definition) is 4. The monoisotopic (exact) mass is 265 g/mol. The first-order valence-corrected chi connectivity index (χ1v) is 7.34. The molecule has 108 valence electrons. The first kappa shape index (κ1) is 14.5. The lowest BCUT2D eigenvalue weighted by molar-refractivity contribution is 0.125. The second-order valence-electron chi connectivity index (χ2n) is 6.55. The highest BCUT2D eigenvalue weighted by molar-refractivity contribution is 5.06. The summed E-state index contributed by atoms with van der Waals surface area (Å²) in [6.07, 6.45) is 5.77. The number of nitrogens with zero attached hydrogens (tertiary/aromatic N) is 2. The van der Waals surface area contributed by atoms with Crippen LogP contribution in [0.4, 0.5) is 0 Å². The van der Waals surface area contributed by atoms with E-state index in [-0.39, 0.29) is 5.41 Å². The first-order chi connectivity index (χ1) is 9.00. The van der Waals surface area contributed by atoms with Gasteiger partial charge < -0.3 is 9.73 Å². The summed E-state index contributed by atoms with van der Waals surface area (Å²) in [4.78, 5) is 6.94. The predicted octanol–water partition coefficient (Wildman–Crippen LogP) is 2.55. The lowest BCUT2D eigenvalue weighted by atomic mass is 9.94. The zero-order valence-corrected chi connectivity index (χ0v) is 12.7. The van der Waals surface area contributed by atoms with Crippen molar-refractivity contribution >= 4 is 0 Å². The van der Waals surface area contributed by atoms with Gasteiger partial charge in [-0.2, -0.15) is 0 Å². The van der Waals surface area contributed by atoms with Crippen LogP contribution in [0.5, 0.6) is 0 Å². The highest BCUT2D eigenvalue weighted by Crippen LogP contribution is 2.24. The van der Waals surface area contributed by atoms with E-state index in [0.717, 1.165) is 31.3 Å². The summed E-state index contributed by atoms with van der Waals surface area (Å²) in [6, 6.07) is 0.615. The van der Waals surface area contributed by atoms with Crippen molar-refractivity contribution in [1.82, 2.24) is 15.2 Å². The lowest BCUT2D eigenvalue weighted by Crippen LogP contribution is -2.44. The average molecular weight is 265 g/mol. The number of aromatic nitrogens is 1. The van der Waals surface area contributed by atoms with Crippen LogP contribution in [0.1, 0.15) is 51.7 Å². The number of likely N-dealkylation sites (tertiary alicyclic amines) is 1. The van der Waals surface area contributed by atoms with E-state index in [0.29, 0.717) is 6.04 Å². The van der Waals surface area contributed by atoms with Gasteiger partial charge in [0, 0.05) is 18.0 Å². The molecule has 4 nitrogen and oxygen atoms in total. The summed E-state index contributed by atoms with van der Waals surface area (Å²) in [5.74, 6) is 1.83. The Bertz CT molecular complexity index is 392. The third kappa shape index (κ3) is 3.80. The molecule has 1 fully saturated rings. The van der Waals surface area contributed by atoms with Gasteiger partial charge in [-0.3, -0.25) is 4.90 Å². The molecule has 1 N–H and O–H groups in total. The number of rotatable bonds is 4. The van der Waals surface area contributed by atoms with Gasteiger partial charge in [0.05, 0.1) is 12.7 Å². The summed E-state index contributed by atoms with van der Waals surface area (Å²) < 4.78 is 5.90. The van der Waals surface area contributed by atoms with Gasteiger partial charge in [0.1, 0.15) is 5.76 Å². The van der Waals surface area contributed by atoms with Crippen molar-refractivity contribution in [2.75, 3.05) is 20.1 Å². The molecule has 0 amide bonds. The second kappa shape index (κ2) is 6.06. The maximum Gasteiger partial charge on any atom is 0.208 e. The summed E-state index contributed by atoms with van der Waals surface area (Å²) in [7, 11) is 2.02. The predicted molar refractivity (Wildman–Crippen MR) is 77.2 cm³/mol. The van der Waals surface area contributed by atoms with Crippen molar-refractivity contribution in [3.8, 4) is 0 Å². The Hall–Kier alpha value is -0.870. The Labute approximate surface area is 116 Å². The molecule has 2 heterocycles. The molecule has 0 spiro atoms. The highest BCUT2D eigenvalue weighted by atomic mass is 16.4. The van der Waals surface area contributed by atoms with Crippen molar-refractivity contribution in [1.29, 1.82) is 0 Å². The fourth-order valence-corrected chi connectivity index (χ4v) is 2.64. The van der Waals surface area contributed by atoms with Gasteiger partial charge in [0.15, 0.2) is 0 Å². The molecular formula is C15H27N3O. The number of likely N-dealkylation sites (N-methyl/N-ethyl adjacent to an activating group) is 1. The van der Waals surface area contributed by atoms with Gasteiger partial charge in [-0.1, -0.05) is 27.2 Å². The molecule has 4 heteroatoms. The SMILES string of the molecule is CNCC1CCCCN1Cc1ncc(C(C)(C)C)o1. The molecule has 1 aromatic heterocycles. The van der Waals surface area contributed by atoms with Gasteiger partial charge in [0.2, 0.25) is 5.89 Å². The molecule has 0 bridgehead atoms. The van der Waals surface area contributed by atoms with Gasteiger partial charge in [-0.05, 0) is 26.4 Å². The molecular weight excluding hydrogens is 238 g/mol. The summed E-state index contributed by atoms with van der Waals surface area (Å²) in [5, 5.41) is 3.29.